The van der Waals surface area contributed by atoms with E-state index in [4.69, 9.17) is 17.3 Å². The molecule has 1 aliphatic rings. The molecule has 1 aromatic carbocycles. The van der Waals surface area contributed by atoms with E-state index >= 15 is 0 Å². The minimum atomic E-state index is 0. The Labute approximate surface area is 135 Å². The molecule has 0 spiro atoms. The van der Waals surface area contributed by atoms with Gasteiger partial charge in [0.15, 0.2) is 0 Å². The van der Waals surface area contributed by atoms with E-state index in [9.17, 15) is 0 Å². The van der Waals surface area contributed by atoms with Crippen molar-refractivity contribution >= 4 is 39.9 Å². The molecule has 19 heavy (non-hydrogen) atoms. The van der Waals surface area contributed by atoms with Gasteiger partial charge in [-0.05, 0) is 62.5 Å². The van der Waals surface area contributed by atoms with Gasteiger partial charge in [0.2, 0.25) is 0 Å². The Balaban J connectivity index is 0.00000180. The second-order valence-electron chi connectivity index (χ2n) is 5.21. The van der Waals surface area contributed by atoms with E-state index in [2.05, 4.69) is 27.8 Å². The summed E-state index contributed by atoms with van der Waals surface area (Å²) < 4.78 is 1.14. The smallest absolute Gasteiger partial charge is 0.0410 e. The fourth-order valence-corrected chi connectivity index (χ4v) is 3.11. The number of nitrogens with two attached hydrogens (primary N) is 1. The number of nitrogens with zero attached hydrogens (tertiary/aromatic N) is 1. The first-order valence-corrected chi connectivity index (χ1v) is 7.65. The molecule has 0 aliphatic carbocycles. The zero-order chi connectivity index (χ0) is 13.1. The first-order valence-electron chi connectivity index (χ1n) is 6.48. The van der Waals surface area contributed by atoms with Crippen molar-refractivity contribution in [1.82, 2.24) is 4.90 Å². The highest BCUT2D eigenvalue weighted by molar-refractivity contribution is 9.10. The summed E-state index contributed by atoms with van der Waals surface area (Å²) in [4.78, 5) is 2.48. The molecular formula is C14H21BrCl2N2. The van der Waals surface area contributed by atoms with E-state index in [-0.39, 0.29) is 12.4 Å². The fraction of sp³-hybridized carbons (Fsp3) is 0.571. The van der Waals surface area contributed by atoms with Crippen molar-refractivity contribution in [2.45, 2.75) is 32.4 Å². The van der Waals surface area contributed by atoms with Crippen molar-refractivity contribution in [3.63, 3.8) is 0 Å². The first kappa shape index (κ1) is 17.3. The highest BCUT2D eigenvalue weighted by Gasteiger charge is 2.22. The van der Waals surface area contributed by atoms with Gasteiger partial charge in [-0.25, -0.2) is 0 Å². The molecular weight excluding hydrogens is 347 g/mol. The lowest BCUT2D eigenvalue weighted by atomic mass is 9.91. The summed E-state index contributed by atoms with van der Waals surface area (Å²) >= 11 is 9.63. The van der Waals surface area contributed by atoms with Crippen molar-refractivity contribution in [1.29, 1.82) is 0 Å². The second kappa shape index (κ2) is 7.84. The predicted molar refractivity (Wildman–Crippen MR) is 88.1 cm³/mol. The lowest BCUT2D eigenvalue weighted by Crippen LogP contribution is -2.39. The molecule has 0 amide bonds. The summed E-state index contributed by atoms with van der Waals surface area (Å²) in [6.45, 7) is 5.34. The predicted octanol–water partition coefficient (Wildman–Crippen LogP) is 4.08. The van der Waals surface area contributed by atoms with Crippen LogP contribution >= 0.6 is 39.9 Å². The average molecular weight is 368 g/mol. The van der Waals surface area contributed by atoms with Gasteiger partial charge >= 0.3 is 0 Å². The maximum absolute atomic E-state index is 6.04. The number of hydrogen-bond acceptors (Lipinski definition) is 2. The molecule has 2 nitrogen and oxygen atoms in total. The molecule has 5 heteroatoms. The Bertz CT molecular complexity index is 404. The van der Waals surface area contributed by atoms with Gasteiger partial charge in [-0.1, -0.05) is 27.5 Å². The van der Waals surface area contributed by atoms with Crippen LogP contribution in [0.1, 0.15) is 25.3 Å². The normalized spacial score (nSPS) is 18.9. The highest BCUT2D eigenvalue weighted by Crippen LogP contribution is 2.25. The standard InChI is InChI=1S/C14H20BrClN2.ClH/c1-10(17)11-4-6-18(7-5-11)9-12-8-13(16)2-3-14(12)15;/h2-3,8,10-11H,4-7,9,17H2,1H3;1H. The summed E-state index contributed by atoms with van der Waals surface area (Å²) in [5.74, 6) is 0.684. The number of hydrogen-bond donors (Lipinski definition) is 1. The molecule has 1 atom stereocenters. The van der Waals surface area contributed by atoms with E-state index in [0.717, 1.165) is 29.1 Å². The van der Waals surface area contributed by atoms with Crippen molar-refractivity contribution in [2.75, 3.05) is 13.1 Å². The minimum Gasteiger partial charge on any atom is -0.328 e. The molecule has 2 N–H and O–H groups in total. The van der Waals surface area contributed by atoms with Crippen LogP contribution in [0.15, 0.2) is 22.7 Å². The van der Waals surface area contributed by atoms with E-state index in [1.165, 1.54) is 18.4 Å². The number of rotatable bonds is 3. The first-order chi connectivity index (χ1) is 8.56. The Hall–Kier alpha value is 0.200. The minimum absolute atomic E-state index is 0. The van der Waals surface area contributed by atoms with Crippen LogP contribution in [0.25, 0.3) is 0 Å². The zero-order valence-corrected chi connectivity index (χ0v) is 14.3. The van der Waals surface area contributed by atoms with Crippen LogP contribution < -0.4 is 5.73 Å². The van der Waals surface area contributed by atoms with Crippen LogP contribution in [0.2, 0.25) is 5.02 Å². The van der Waals surface area contributed by atoms with Crippen LogP contribution in [0, 0.1) is 5.92 Å². The number of likely N-dealkylation sites (tertiary alicyclic amines) is 1. The van der Waals surface area contributed by atoms with Gasteiger partial charge in [0.1, 0.15) is 0 Å². The molecule has 0 bridgehead atoms. The SMILES string of the molecule is CC(N)C1CCN(Cc2cc(Cl)ccc2Br)CC1.Cl. The van der Waals surface area contributed by atoms with Crippen molar-refractivity contribution in [2.24, 2.45) is 11.7 Å². The lowest BCUT2D eigenvalue weighted by molar-refractivity contribution is 0.165. The molecule has 1 unspecified atom stereocenters. The molecule has 1 heterocycles. The quantitative estimate of drug-likeness (QED) is 0.871. The monoisotopic (exact) mass is 366 g/mol. The van der Waals surface area contributed by atoms with Gasteiger partial charge in [-0.3, -0.25) is 4.90 Å². The van der Waals surface area contributed by atoms with Crippen LogP contribution in [0.3, 0.4) is 0 Å². The van der Waals surface area contributed by atoms with Crippen molar-refractivity contribution in [3.05, 3.63) is 33.3 Å². The van der Waals surface area contributed by atoms with Gasteiger partial charge in [-0.15, -0.1) is 12.4 Å². The maximum Gasteiger partial charge on any atom is 0.0410 e. The molecule has 1 fully saturated rings. The number of halogens is 3. The highest BCUT2D eigenvalue weighted by atomic mass is 79.9. The fourth-order valence-electron chi connectivity index (χ4n) is 2.54. The Morgan fingerprint density at radius 3 is 2.63 bits per heavy atom. The van der Waals surface area contributed by atoms with Crippen molar-refractivity contribution < 1.29 is 0 Å². The van der Waals surface area contributed by atoms with E-state index in [0.29, 0.717) is 12.0 Å². The van der Waals surface area contributed by atoms with Crippen LogP contribution in [-0.4, -0.2) is 24.0 Å². The third-order valence-electron chi connectivity index (χ3n) is 3.78. The Kier molecular flexibility index (Phi) is 7.12. The second-order valence-corrected chi connectivity index (χ2v) is 6.50. The third-order valence-corrected chi connectivity index (χ3v) is 4.79. The summed E-state index contributed by atoms with van der Waals surface area (Å²) in [6.07, 6.45) is 2.41. The topological polar surface area (TPSA) is 29.3 Å². The summed E-state index contributed by atoms with van der Waals surface area (Å²) in [5, 5.41) is 0.804. The van der Waals surface area contributed by atoms with Gasteiger partial charge in [-0.2, -0.15) is 0 Å². The van der Waals surface area contributed by atoms with Crippen LogP contribution in [0.4, 0.5) is 0 Å². The average Bonchev–Trinajstić information content (AvgIpc) is 2.34. The van der Waals surface area contributed by atoms with Gasteiger partial charge in [0.05, 0.1) is 0 Å². The zero-order valence-electron chi connectivity index (χ0n) is 11.1. The molecule has 0 aromatic heterocycles. The number of benzene rings is 1. The van der Waals surface area contributed by atoms with E-state index in [1.807, 2.05) is 18.2 Å². The number of piperidine rings is 1. The maximum atomic E-state index is 6.04. The molecule has 108 valence electrons. The summed E-state index contributed by atoms with van der Waals surface area (Å²) in [6, 6.07) is 6.30. The van der Waals surface area contributed by atoms with Gasteiger partial charge in [0.25, 0.3) is 0 Å². The summed E-state index contributed by atoms with van der Waals surface area (Å²) in [7, 11) is 0. The molecule has 0 saturated carbocycles. The molecule has 1 aliphatic heterocycles. The molecule has 1 aromatic rings. The van der Waals surface area contributed by atoms with Gasteiger partial charge in [0, 0.05) is 22.1 Å². The van der Waals surface area contributed by atoms with Crippen LogP contribution in [0.5, 0.6) is 0 Å². The Morgan fingerprint density at radius 2 is 2.05 bits per heavy atom. The Morgan fingerprint density at radius 1 is 1.42 bits per heavy atom. The largest absolute Gasteiger partial charge is 0.328 e. The van der Waals surface area contributed by atoms with Gasteiger partial charge < -0.3 is 5.73 Å². The van der Waals surface area contributed by atoms with E-state index in [1.54, 1.807) is 0 Å². The third kappa shape index (κ3) is 4.91. The van der Waals surface area contributed by atoms with Crippen LogP contribution in [-0.2, 0) is 6.54 Å². The summed E-state index contributed by atoms with van der Waals surface area (Å²) in [5.41, 5.74) is 7.23. The molecule has 0 radical (unpaired) electrons. The van der Waals surface area contributed by atoms with Crippen molar-refractivity contribution in [3.8, 4) is 0 Å². The lowest BCUT2D eigenvalue weighted by Gasteiger charge is -2.33. The molecule has 2 rings (SSSR count). The van der Waals surface area contributed by atoms with E-state index < -0.39 is 0 Å². The molecule has 1 saturated heterocycles.